The molecule has 0 heterocycles. The van der Waals surface area contributed by atoms with E-state index in [1.165, 1.54) is 0 Å². The van der Waals surface area contributed by atoms with Gasteiger partial charge in [0.05, 0.1) is 12.5 Å². The summed E-state index contributed by atoms with van der Waals surface area (Å²) in [6.45, 7) is 1.71. The fourth-order valence-electron chi connectivity index (χ4n) is 2.10. The molecule has 4 heteroatoms. The van der Waals surface area contributed by atoms with Gasteiger partial charge >= 0.3 is 5.97 Å². The minimum Gasteiger partial charge on any atom is -0.481 e. The zero-order valence-corrected chi connectivity index (χ0v) is 11.8. The van der Waals surface area contributed by atoms with E-state index in [0.717, 1.165) is 0 Å². The number of hydrogen-bond donors (Lipinski definition) is 2. The van der Waals surface area contributed by atoms with E-state index in [1.807, 2.05) is 30.3 Å². The van der Waals surface area contributed by atoms with Crippen LogP contribution in [0.4, 0.5) is 0 Å². The van der Waals surface area contributed by atoms with E-state index in [9.17, 15) is 9.90 Å². The summed E-state index contributed by atoms with van der Waals surface area (Å²) in [6, 6.07) is 16.4. The van der Waals surface area contributed by atoms with Crippen LogP contribution in [0.3, 0.4) is 0 Å². The van der Waals surface area contributed by atoms with Gasteiger partial charge in [-0.25, -0.2) is 0 Å². The van der Waals surface area contributed by atoms with Crippen LogP contribution in [-0.4, -0.2) is 16.2 Å². The summed E-state index contributed by atoms with van der Waals surface area (Å²) in [7, 11) is 0. The van der Waals surface area contributed by atoms with Crippen LogP contribution in [-0.2, 0) is 4.79 Å². The van der Waals surface area contributed by atoms with Crippen molar-refractivity contribution in [3.05, 3.63) is 60.2 Å². The van der Waals surface area contributed by atoms with E-state index in [2.05, 4.69) is 0 Å². The molecular formula is C17H18O4. The predicted molar refractivity (Wildman–Crippen MR) is 79.3 cm³/mol. The van der Waals surface area contributed by atoms with Crippen molar-refractivity contribution in [2.24, 2.45) is 5.92 Å². The molecule has 0 spiro atoms. The van der Waals surface area contributed by atoms with Gasteiger partial charge in [0.1, 0.15) is 11.5 Å². The molecule has 0 fully saturated rings. The van der Waals surface area contributed by atoms with Crippen molar-refractivity contribution in [3.8, 4) is 11.5 Å². The zero-order valence-electron chi connectivity index (χ0n) is 11.8. The van der Waals surface area contributed by atoms with Crippen LogP contribution in [0.25, 0.3) is 0 Å². The molecule has 0 bridgehead atoms. The molecule has 0 aromatic heterocycles. The van der Waals surface area contributed by atoms with Gasteiger partial charge in [0.15, 0.2) is 0 Å². The van der Waals surface area contributed by atoms with E-state index in [1.54, 1.807) is 31.2 Å². The third kappa shape index (κ3) is 4.33. The van der Waals surface area contributed by atoms with Crippen LogP contribution in [0.5, 0.6) is 11.5 Å². The fourth-order valence-corrected chi connectivity index (χ4v) is 2.10. The van der Waals surface area contributed by atoms with Crippen molar-refractivity contribution < 1.29 is 19.7 Å². The number of carboxylic acids is 1. The summed E-state index contributed by atoms with van der Waals surface area (Å²) in [5.41, 5.74) is 0.650. The predicted octanol–water partition coefficient (Wildman–Crippen LogP) is 3.62. The van der Waals surface area contributed by atoms with Gasteiger partial charge in [0.25, 0.3) is 0 Å². The number of aliphatic hydroxyl groups excluding tert-OH is 1. The highest BCUT2D eigenvalue weighted by atomic mass is 16.5. The molecule has 4 nitrogen and oxygen atoms in total. The molecule has 2 unspecified atom stereocenters. The van der Waals surface area contributed by atoms with E-state index in [0.29, 0.717) is 17.1 Å². The standard InChI is InChI=1S/C17H18O4/c1-12(10-16(18)19)17(20)13-6-5-9-15(11-13)21-14-7-3-2-4-8-14/h2-9,11-12,17,20H,10H2,1H3,(H,18,19). The van der Waals surface area contributed by atoms with Crippen molar-refractivity contribution in [1.82, 2.24) is 0 Å². The van der Waals surface area contributed by atoms with Gasteiger partial charge in [-0.3, -0.25) is 4.79 Å². The smallest absolute Gasteiger partial charge is 0.303 e. The quantitative estimate of drug-likeness (QED) is 0.851. The van der Waals surface area contributed by atoms with Crippen molar-refractivity contribution in [1.29, 1.82) is 0 Å². The van der Waals surface area contributed by atoms with Crippen LogP contribution in [0, 0.1) is 5.92 Å². The Balaban J connectivity index is 2.12. The number of para-hydroxylation sites is 1. The first-order chi connectivity index (χ1) is 10.1. The normalized spacial score (nSPS) is 13.4. The van der Waals surface area contributed by atoms with Crippen LogP contribution in [0.2, 0.25) is 0 Å². The zero-order chi connectivity index (χ0) is 15.2. The Morgan fingerprint density at radius 3 is 2.43 bits per heavy atom. The van der Waals surface area contributed by atoms with Crippen molar-refractivity contribution in [2.75, 3.05) is 0 Å². The summed E-state index contributed by atoms with van der Waals surface area (Å²) in [5.74, 6) is 0.0377. The third-order valence-electron chi connectivity index (χ3n) is 3.21. The Bertz CT molecular complexity index is 595. The number of aliphatic hydroxyl groups is 1. The largest absolute Gasteiger partial charge is 0.481 e. The highest BCUT2D eigenvalue weighted by Crippen LogP contribution is 2.29. The van der Waals surface area contributed by atoms with Crippen molar-refractivity contribution >= 4 is 5.97 Å². The van der Waals surface area contributed by atoms with Crippen molar-refractivity contribution in [2.45, 2.75) is 19.4 Å². The second-order valence-electron chi connectivity index (χ2n) is 5.01. The minimum atomic E-state index is -0.918. The van der Waals surface area contributed by atoms with Gasteiger partial charge in [-0.1, -0.05) is 37.3 Å². The second kappa shape index (κ2) is 6.90. The SMILES string of the molecule is CC(CC(=O)O)C(O)c1cccc(Oc2ccccc2)c1. The topological polar surface area (TPSA) is 66.8 Å². The Hall–Kier alpha value is -2.33. The van der Waals surface area contributed by atoms with E-state index in [4.69, 9.17) is 9.84 Å². The number of carbonyl (C=O) groups is 1. The van der Waals surface area contributed by atoms with E-state index >= 15 is 0 Å². The van der Waals surface area contributed by atoms with E-state index < -0.39 is 12.1 Å². The Labute approximate surface area is 123 Å². The average Bonchev–Trinajstić information content (AvgIpc) is 2.47. The number of ether oxygens (including phenoxy) is 1. The van der Waals surface area contributed by atoms with Crippen molar-refractivity contribution in [3.63, 3.8) is 0 Å². The Morgan fingerprint density at radius 1 is 1.10 bits per heavy atom. The summed E-state index contributed by atoms with van der Waals surface area (Å²) in [4.78, 5) is 10.7. The van der Waals surface area contributed by atoms with Crippen LogP contribution < -0.4 is 4.74 Å². The molecule has 0 aliphatic heterocycles. The fraction of sp³-hybridized carbons (Fsp3) is 0.235. The van der Waals surface area contributed by atoms with Crippen LogP contribution in [0.1, 0.15) is 25.0 Å². The maximum absolute atomic E-state index is 10.7. The maximum atomic E-state index is 10.7. The summed E-state index contributed by atoms with van der Waals surface area (Å²) < 4.78 is 5.70. The first kappa shape index (κ1) is 15.1. The molecule has 2 aromatic rings. The monoisotopic (exact) mass is 286 g/mol. The summed E-state index contributed by atoms with van der Waals surface area (Å²) in [5, 5.41) is 19.0. The Morgan fingerprint density at radius 2 is 1.76 bits per heavy atom. The lowest BCUT2D eigenvalue weighted by Crippen LogP contribution is -2.13. The number of rotatable bonds is 6. The maximum Gasteiger partial charge on any atom is 0.303 e. The van der Waals surface area contributed by atoms with Gasteiger partial charge in [-0.05, 0) is 35.7 Å². The minimum absolute atomic E-state index is 0.0784. The number of hydrogen-bond acceptors (Lipinski definition) is 3. The lowest BCUT2D eigenvalue weighted by atomic mass is 9.94. The number of benzene rings is 2. The molecule has 21 heavy (non-hydrogen) atoms. The van der Waals surface area contributed by atoms with Gasteiger partial charge in [0.2, 0.25) is 0 Å². The van der Waals surface area contributed by atoms with Gasteiger partial charge in [-0.2, -0.15) is 0 Å². The molecule has 2 aromatic carbocycles. The second-order valence-corrected chi connectivity index (χ2v) is 5.01. The van der Waals surface area contributed by atoms with Crippen LogP contribution in [0.15, 0.2) is 54.6 Å². The lowest BCUT2D eigenvalue weighted by Gasteiger charge is -2.18. The average molecular weight is 286 g/mol. The van der Waals surface area contributed by atoms with Gasteiger partial charge in [0, 0.05) is 0 Å². The first-order valence-corrected chi connectivity index (χ1v) is 6.79. The molecule has 0 saturated carbocycles. The molecule has 0 aliphatic carbocycles. The molecule has 0 radical (unpaired) electrons. The highest BCUT2D eigenvalue weighted by Gasteiger charge is 2.19. The molecule has 110 valence electrons. The molecule has 2 rings (SSSR count). The molecule has 2 N–H and O–H groups in total. The molecule has 2 atom stereocenters. The number of aliphatic carboxylic acids is 1. The third-order valence-corrected chi connectivity index (χ3v) is 3.21. The van der Waals surface area contributed by atoms with Gasteiger partial charge in [-0.15, -0.1) is 0 Å². The summed E-state index contributed by atoms with van der Waals surface area (Å²) in [6.07, 6.45) is -0.911. The molecule has 0 amide bonds. The highest BCUT2D eigenvalue weighted by molar-refractivity contribution is 5.67. The van der Waals surface area contributed by atoms with E-state index in [-0.39, 0.29) is 12.3 Å². The lowest BCUT2D eigenvalue weighted by molar-refractivity contribution is -0.139. The van der Waals surface area contributed by atoms with Gasteiger partial charge < -0.3 is 14.9 Å². The Kier molecular flexibility index (Phi) is 4.95. The number of carboxylic acid groups (broad SMARTS) is 1. The molecule has 0 saturated heterocycles. The molecular weight excluding hydrogens is 268 g/mol. The summed E-state index contributed by atoms with van der Waals surface area (Å²) >= 11 is 0. The van der Waals surface area contributed by atoms with Crippen LogP contribution >= 0.6 is 0 Å². The molecule has 0 aliphatic rings. The first-order valence-electron chi connectivity index (χ1n) is 6.79.